The van der Waals surface area contributed by atoms with Crippen LogP contribution in [0, 0.1) is 0 Å². The molecule has 0 amide bonds. The van der Waals surface area contributed by atoms with Gasteiger partial charge in [0.15, 0.2) is 0 Å². The third-order valence-electron chi connectivity index (χ3n) is 1.06. The topological polar surface area (TPSA) is 70.1 Å². The number of hydrogen-bond donors (Lipinski definition) is 1. The summed E-state index contributed by atoms with van der Waals surface area (Å²) < 4.78 is 5.97. The summed E-state index contributed by atoms with van der Waals surface area (Å²) in [7, 11) is 1.71. The normalized spacial score (nSPS) is 9.30. The number of anilines is 1. The second-order valence-electron chi connectivity index (χ2n) is 1.76. The average molecular weight is 141 g/mol. The van der Waals surface area contributed by atoms with Gasteiger partial charge in [-0.25, -0.2) is 0 Å². The van der Waals surface area contributed by atoms with Crippen molar-refractivity contribution in [2.45, 2.75) is 0 Å². The number of nitrogens with zero attached hydrogens (tertiary/aromatic N) is 2. The van der Waals surface area contributed by atoms with Crippen LogP contribution in [0.4, 0.5) is 5.95 Å². The minimum absolute atomic E-state index is 0.218. The van der Waals surface area contributed by atoms with E-state index in [2.05, 4.69) is 9.72 Å². The van der Waals surface area contributed by atoms with Crippen LogP contribution in [0.25, 0.3) is 0 Å². The number of nitrogen functional groups attached to an aromatic ring is 1. The Morgan fingerprint density at radius 1 is 1.90 bits per heavy atom. The van der Waals surface area contributed by atoms with Gasteiger partial charge in [-0.1, -0.05) is 0 Å². The lowest BCUT2D eigenvalue weighted by molar-refractivity contribution is -0.120. The zero-order chi connectivity index (χ0) is 7.56. The van der Waals surface area contributed by atoms with Crippen LogP contribution in [-0.4, -0.2) is 16.0 Å². The lowest BCUT2D eigenvalue weighted by Gasteiger charge is -1.86. The van der Waals surface area contributed by atoms with Gasteiger partial charge in [-0.2, -0.15) is 4.98 Å². The van der Waals surface area contributed by atoms with Crippen LogP contribution in [0.5, 0.6) is 5.88 Å². The van der Waals surface area contributed by atoms with E-state index in [1.165, 1.54) is 6.20 Å². The van der Waals surface area contributed by atoms with Crippen LogP contribution < -0.4 is 10.5 Å². The molecule has 10 heavy (non-hydrogen) atoms. The zero-order valence-corrected chi connectivity index (χ0v) is 5.44. The molecule has 0 spiro atoms. The molecule has 0 saturated heterocycles. The van der Waals surface area contributed by atoms with E-state index in [1.54, 1.807) is 11.6 Å². The number of aromatic nitrogens is 2. The van der Waals surface area contributed by atoms with E-state index in [1.807, 2.05) is 0 Å². The molecular formula is C5H7N3O2. The standard InChI is InChI=1S/C5H7N3O2/c1-8-2-4(10-3-9)7-5(8)6/h2-3H,1H3,(H2,6,7). The van der Waals surface area contributed by atoms with Crippen LogP contribution in [0.3, 0.4) is 0 Å². The maximum Gasteiger partial charge on any atom is 0.299 e. The second-order valence-corrected chi connectivity index (χ2v) is 1.76. The van der Waals surface area contributed by atoms with E-state index in [9.17, 15) is 4.79 Å². The van der Waals surface area contributed by atoms with Gasteiger partial charge in [0.2, 0.25) is 11.8 Å². The Kier molecular flexibility index (Phi) is 1.57. The first-order chi connectivity index (χ1) is 4.74. The van der Waals surface area contributed by atoms with Crippen LogP contribution in [0.2, 0.25) is 0 Å². The summed E-state index contributed by atoms with van der Waals surface area (Å²) in [6.07, 6.45) is 1.52. The Balaban J connectivity index is 2.86. The highest BCUT2D eigenvalue weighted by molar-refractivity contribution is 5.43. The highest BCUT2D eigenvalue weighted by Gasteiger charge is 1.99. The molecule has 5 heteroatoms. The molecule has 5 nitrogen and oxygen atoms in total. The van der Waals surface area contributed by atoms with Crippen molar-refractivity contribution in [3.05, 3.63) is 6.20 Å². The fraction of sp³-hybridized carbons (Fsp3) is 0.200. The SMILES string of the molecule is Cn1cc(OC=O)nc1N. The van der Waals surface area contributed by atoms with Crippen LogP contribution >= 0.6 is 0 Å². The molecule has 0 aliphatic heterocycles. The average Bonchev–Trinajstić information content (AvgIpc) is 2.14. The third kappa shape index (κ3) is 1.07. The van der Waals surface area contributed by atoms with Crippen molar-refractivity contribution < 1.29 is 9.53 Å². The van der Waals surface area contributed by atoms with Crippen molar-refractivity contribution in [2.24, 2.45) is 7.05 Å². The van der Waals surface area contributed by atoms with Crippen LogP contribution in [0.1, 0.15) is 0 Å². The van der Waals surface area contributed by atoms with Crippen LogP contribution in [0.15, 0.2) is 6.20 Å². The van der Waals surface area contributed by atoms with Crippen molar-refractivity contribution in [1.82, 2.24) is 9.55 Å². The van der Waals surface area contributed by atoms with Gasteiger partial charge >= 0.3 is 0 Å². The van der Waals surface area contributed by atoms with Gasteiger partial charge in [-0.05, 0) is 0 Å². The molecular weight excluding hydrogens is 134 g/mol. The molecule has 0 fully saturated rings. The molecule has 0 unspecified atom stereocenters. The number of imidazole rings is 1. The lowest BCUT2D eigenvalue weighted by Crippen LogP contribution is -1.94. The molecule has 1 rings (SSSR count). The minimum Gasteiger partial charge on any atom is -0.408 e. The van der Waals surface area contributed by atoms with E-state index in [0.29, 0.717) is 12.4 Å². The molecule has 1 aromatic rings. The first kappa shape index (κ1) is 6.60. The Labute approximate surface area is 57.4 Å². The van der Waals surface area contributed by atoms with E-state index in [-0.39, 0.29) is 5.88 Å². The zero-order valence-electron chi connectivity index (χ0n) is 5.44. The maximum atomic E-state index is 9.78. The fourth-order valence-electron chi connectivity index (χ4n) is 0.559. The van der Waals surface area contributed by atoms with E-state index in [0.717, 1.165) is 0 Å². The van der Waals surface area contributed by atoms with Crippen molar-refractivity contribution in [3.8, 4) is 5.88 Å². The van der Waals surface area contributed by atoms with Crippen molar-refractivity contribution in [1.29, 1.82) is 0 Å². The van der Waals surface area contributed by atoms with E-state index < -0.39 is 0 Å². The Morgan fingerprint density at radius 3 is 3.00 bits per heavy atom. The van der Waals surface area contributed by atoms with E-state index in [4.69, 9.17) is 5.73 Å². The molecule has 2 N–H and O–H groups in total. The lowest BCUT2D eigenvalue weighted by atomic mass is 10.8. The number of carbonyl (C=O) groups is 1. The minimum atomic E-state index is 0.218. The first-order valence-corrected chi connectivity index (χ1v) is 2.63. The number of hydrogen-bond acceptors (Lipinski definition) is 4. The summed E-state index contributed by atoms with van der Waals surface area (Å²) in [6.45, 7) is 0.307. The van der Waals surface area contributed by atoms with Gasteiger partial charge in [-0.3, -0.25) is 4.79 Å². The molecule has 0 aromatic carbocycles. The van der Waals surface area contributed by atoms with Gasteiger partial charge < -0.3 is 15.0 Å². The maximum absolute atomic E-state index is 9.78. The highest BCUT2D eigenvalue weighted by Crippen LogP contribution is 2.08. The summed E-state index contributed by atoms with van der Waals surface area (Å²) in [6, 6.07) is 0. The van der Waals surface area contributed by atoms with Crippen molar-refractivity contribution in [2.75, 3.05) is 5.73 Å². The highest BCUT2D eigenvalue weighted by atomic mass is 16.5. The van der Waals surface area contributed by atoms with E-state index >= 15 is 0 Å². The molecule has 0 atom stereocenters. The van der Waals surface area contributed by atoms with Gasteiger partial charge in [0.25, 0.3) is 6.47 Å². The predicted molar refractivity (Wildman–Crippen MR) is 34.3 cm³/mol. The van der Waals surface area contributed by atoms with Gasteiger partial charge in [-0.15, -0.1) is 0 Å². The molecule has 54 valence electrons. The quantitative estimate of drug-likeness (QED) is 0.565. The summed E-state index contributed by atoms with van der Waals surface area (Å²) in [5, 5.41) is 0. The molecule has 0 bridgehead atoms. The molecule has 0 saturated carbocycles. The number of ether oxygens (including phenoxy) is 1. The van der Waals surface area contributed by atoms with Gasteiger partial charge in [0.1, 0.15) is 0 Å². The first-order valence-electron chi connectivity index (χ1n) is 2.63. The van der Waals surface area contributed by atoms with Gasteiger partial charge in [0, 0.05) is 7.05 Å². The third-order valence-corrected chi connectivity index (χ3v) is 1.06. The predicted octanol–water partition coefficient (Wildman–Crippen LogP) is -0.463. The largest absolute Gasteiger partial charge is 0.408 e. The summed E-state index contributed by atoms with van der Waals surface area (Å²) >= 11 is 0. The Hall–Kier alpha value is -1.52. The smallest absolute Gasteiger partial charge is 0.299 e. The van der Waals surface area contributed by atoms with Crippen LogP contribution in [-0.2, 0) is 11.8 Å². The fourth-order valence-corrected chi connectivity index (χ4v) is 0.559. The van der Waals surface area contributed by atoms with Crippen molar-refractivity contribution in [3.63, 3.8) is 0 Å². The monoisotopic (exact) mass is 141 g/mol. The molecule has 0 radical (unpaired) electrons. The molecule has 1 aromatic heterocycles. The Bertz CT molecular complexity index is 224. The summed E-state index contributed by atoms with van der Waals surface area (Å²) in [5.41, 5.74) is 5.33. The number of rotatable bonds is 2. The number of nitrogens with two attached hydrogens (primary N) is 1. The molecule has 0 aliphatic carbocycles. The Morgan fingerprint density at radius 2 is 2.60 bits per heavy atom. The molecule has 0 aliphatic rings. The summed E-state index contributed by atoms with van der Waals surface area (Å²) in [5.74, 6) is 0.534. The van der Waals surface area contributed by atoms with Gasteiger partial charge in [0.05, 0.1) is 6.20 Å². The molecule has 1 heterocycles. The number of carbonyl (C=O) groups excluding carboxylic acids is 1. The second kappa shape index (κ2) is 2.38. The summed E-state index contributed by atoms with van der Waals surface area (Å²) in [4.78, 5) is 13.5. The number of aryl methyl sites for hydroxylation is 1. The van der Waals surface area contributed by atoms with Crippen molar-refractivity contribution >= 4 is 12.4 Å².